The molecule has 1 atom stereocenters. The van der Waals surface area contributed by atoms with Crippen molar-refractivity contribution in [3.05, 3.63) is 82.4 Å². The lowest BCUT2D eigenvalue weighted by Gasteiger charge is -2.10. The SMILES string of the molecule is Cc1ccc(C[C@H](C#N)OC(=O)c2cc3c(C)nn(-c4ccccc4)c3s2)cc1. The zero-order valence-electron chi connectivity index (χ0n) is 16.1. The van der Waals surface area contributed by atoms with Gasteiger partial charge in [-0.1, -0.05) is 48.0 Å². The monoisotopic (exact) mass is 401 g/mol. The van der Waals surface area contributed by atoms with Crippen LogP contribution >= 0.6 is 11.3 Å². The Hall–Kier alpha value is -3.43. The molecular weight excluding hydrogens is 382 g/mol. The van der Waals surface area contributed by atoms with E-state index in [0.29, 0.717) is 11.3 Å². The zero-order chi connectivity index (χ0) is 20.4. The van der Waals surface area contributed by atoms with Crippen LogP contribution < -0.4 is 0 Å². The molecular formula is C23H19N3O2S. The molecule has 0 radical (unpaired) electrons. The number of carbonyl (C=O) groups excluding carboxylic acids is 1. The van der Waals surface area contributed by atoms with Gasteiger partial charge in [0.1, 0.15) is 15.8 Å². The molecule has 2 heterocycles. The first-order chi connectivity index (χ1) is 14.0. The molecule has 6 heteroatoms. The third-order valence-electron chi connectivity index (χ3n) is 4.68. The lowest BCUT2D eigenvalue weighted by Crippen LogP contribution is -2.18. The number of ether oxygens (including phenoxy) is 1. The minimum Gasteiger partial charge on any atom is -0.442 e. The fourth-order valence-corrected chi connectivity index (χ4v) is 4.20. The van der Waals surface area contributed by atoms with Crippen molar-refractivity contribution in [2.24, 2.45) is 0 Å². The number of benzene rings is 2. The van der Waals surface area contributed by atoms with Gasteiger partial charge in [0.25, 0.3) is 0 Å². The van der Waals surface area contributed by atoms with Gasteiger partial charge in [0.05, 0.1) is 11.4 Å². The summed E-state index contributed by atoms with van der Waals surface area (Å²) in [5.41, 5.74) is 3.88. The number of para-hydroxylation sites is 1. The van der Waals surface area contributed by atoms with Crippen LogP contribution in [-0.2, 0) is 11.2 Å². The van der Waals surface area contributed by atoms with Crippen LogP contribution in [0.4, 0.5) is 0 Å². The first kappa shape index (κ1) is 18.9. The maximum absolute atomic E-state index is 12.7. The fraction of sp³-hybridized carbons (Fsp3) is 0.174. The van der Waals surface area contributed by atoms with Crippen LogP contribution in [0.3, 0.4) is 0 Å². The molecule has 4 aromatic rings. The second-order valence-electron chi connectivity index (χ2n) is 6.88. The molecule has 2 aromatic heterocycles. The van der Waals surface area contributed by atoms with E-state index in [9.17, 15) is 10.1 Å². The predicted molar refractivity (Wildman–Crippen MR) is 113 cm³/mol. The van der Waals surface area contributed by atoms with Crippen LogP contribution in [-0.4, -0.2) is 21.9 Å². The summed E-state index contributed by atoms with van der Waals surface area (Å²) in [6.45, 7) is 3.92. The van der Waals surface area contributed by atoms with E-state index in [2.05, 4.69) is 11.2 Å². The van der Waals surface area contributed by atoms with Gasteiger partial charge in [-0.3, -0.25) is 0 Å². The van der Waals surface area contributed by atoms with Gasteiger partial charge < -0.3 is 4.74 Å². The number of hydrogen-bond donors (Lipinski definition) is 0. The number of hydrogen-bond acceptors (Lipinski definition) is 5. The molecule has 0 saturated heterocycles. The van der Waals surface area contributed by atoms with Crippen molar-refractivity contribution in [2.45, 2.75) is 26.4 Å². The van der Waals surface area contributed by atoms with Crippen molar-refractivity contribution in [1.82, 2.24) is 9.78 Å². The van der Waals surface area contributed by atoms with Crippen LogP contribution in [0.5, 0.6) is 0 Å². The molecule has 0 amide bonds. The minimum absolute atomic E-state index is 0.365. The van der Waals surface area contributed by atoms with Crippen LogP contribution in [0.15, 0.2) is 60.7 Å². The molecule has 0 spiro atoms. The quantitative estimate of drug-likeness (QED) is 0.442. The Morgan fingerprint density at radius 1 is 1.17 bits per heavy atom. The third-order valence-corrected chi connectivity index (χ3v) is 5.77. The number of rotatable bonds is 5. The van der Waals surface area contributed by atoms with Crippen LogP contribution in [0.2, 0.25) is 0 Å². The Labute approximate surface area is 172 Å². The van der Waals surface area contributed by atoms with Gasteiger partial charge >= 0.3 is 5.97 Å². The topological polar surface area (TPSA) is 67.9 Å². The Morgan fingerprint density at radius 3 is 2.59 bits per heavy atom. The summed E-state index contributed by atoms with van der Waals surface area (Å²) in [6, 6.07) is 21.5. The van der Waals surface area contributed by atoms with Gasteiger partial charge in [-0.25, -0.2) is 9.48 Å². The average Bonchev–Trinajstić information content (AvgIpc) is 3.30. The second kappa shape index (κ2) is 7.90. The van der Waals surface area contributed by atoms with E-state index in [1.165, 1.54) is 11.3 Å². The van der Waals surface area contributed by atoms with E-state index >= 15 is 0 Å². The highest BCUT2D eigenvalue weighted by atomic mass is 32.1. The summed E-state index contributed by atoms with van der Waals surface area (Å²) in [4.78, 5) is 14.0. The molecule has 0 unspecified atom stereocenters. The predicted octanol–water partition coefficient (Wildman–Crippen LogP) is 5.00. The van der Waals surface area contributed by atoms with Gasteiger partial charge in [-0.2, -0.15) is 10.4 Å². The minimum atomic E-state index is -0.831. The number of nitriles is 1. The largest absolute Gasteiger partial charge is 0.442 e. The van der Waals surface area contributed by atoms with Crippen LogP contribution in [0.25, 0.3) is 15.9 Å². The molecule has 5 nitrogen and oxygen atoms in total. The lowest BCUT2D eigenvalue weighted by atomic mass is 10.1. The van der Waals surface area contributed by atoms with E-state index in [-0.39, 0.29) is 0 Å². The van der Waals surface area contributed by atoms with Crippen molar-refractivity contribution in [3.63, 3.8) is 0 Å². The van der Waals surface area contributed by atoms with Crippen molar-refractivity contribution in [2.75, 3.05) is 0 Å². The molecule has 0 aliphatic heterocycles. The van der Waals surface area contributed by atoms with E-state index in [1.807, 2.05) is 73.1 Å². The number of thiophene rings is 1. The summed E-state index contributed by atoms with van der Waals surface area (Å²) in [7, 11) is 0. The van der Waals surface area contributed by atoms with Crippen molar-refractivity contribution < 1.29 is 9.53 Å². The molecule has 0 fully saturated rings. The first-order valence-corrected chi connectivity index (χ1v) is 10.1. The van der Waals surface area contributed by atoms with Crippen LogP contribution in [0, 0.1) is 25.2 Å². The Morgan fingerprint density at radius 2 is 1.90 bits per heavy atom. The maximum Gasteiger partial charge on any atom is 0.349 e. The number of aromatic nitrogens is 2. The highest BCUT2D eigenvalue weighted by Gasteiger charge is 2.21. The summed E-state index contributed by atoms with van der Waals surface area (Å²) in [6.07, 6.45) is -0.466. The maximum atomic E-state index is 12.7. The van der Waals surface area contributed by atoms with Crippen LogP contribution in [0.1, 0.15) is 26.5 Å². The number of fused-ring (bicyclic) bond motifs is 1. The average molecular weight is 401 g/mol. The summed E-state index contributed by atoms with van der Waals surface area (Å²) < 4.78 is 7.32. The van der Waals surface area contributed by atoms with Crippen molar-refractivity contribution in [1.29, 1.82) is 5.26 Å². The molecule has 2 aromatic carbocycles. The van der Waals surface area contributed by atoms with Crippen molar-refractivity contribution >= 4 is 27.5 Å². The molecule has 4 rings (SSSR count). The standard InChI is InChI=1S/C23H19N3O2S/c1-15-8-10-17(11-9-15)12-19(14-24)28-23(27)21-13-20-16(2)25-26(22(20)29-21)18-6-4-3-5-7-18/h3-11,13,19H,12H2,1-2H3/t19-/m1/s1. The van der Waals surface area contributed by atoms with Gasteiger partial charge in [-0.15, -0.1) is 11.3 Å². The molecule has 29 heavy (non-hydrogen) atoms. The fourth-order valence-electron chi connectivity index (χ4n) is 3.13. The first-order valence-electron chi connectivity index (χ1n) is 9.26. The zero-order valence-corrected chi connectivity index (χ0v) is 16.9. The molecule has 0 N–H and O–H groups in total. The Kier molecular flexibility index (Phi) is 5.15. The van der Waals surface area contributed by atoms with Gasteiger partial charge in [0.2, 0.25) is 0 Å². The number of aryl methyl sites for hydroxylation is 2. The summed E-state index contributed by atoms with van der Waals surface area (Å²) in [5, 5.41) is 14.9. The van der Waals surface area contributed by atoms with Gasteiger partial charge in [0.15, 0.2) is 6.10 Å². The van der Waals surface area contributed by atoms with E-state index < -0.39 is 12.1 Å². The summed E-state index contributed by atoms with van der Waals surface area (Å²) >= 11 is 1.32. The Balaban J connectivity index is 1.57. The van der Waals surface area contributed by atoms with E-state index in [0.717, 1.165) is 32.7 Å². The van der Waals surface area contributed by atoms with Gasteiger partial charge in [0, 0.05) is 11.8 Å². The molecule has 0 aliphatic rings. The summed E-state index contributed by atoms with van der Waals surface area (Å²) in [5.74, 6) is -0.483. The van der Waals surface area contributed by atoms with E-state index in [4.69, 9.17) is 4.74 Å². The highest BCUT2D eigenvalue weighted by molar-refractivity contribution is 7.20. The molecule has 0 bridgehead atoms. The number of esters is 1. The lowest BCUT2D eigenvalue weighted by molar-refractivity contribution is 0.0414. The van der Waals surface area contributed by atoms with Gasteiger partial charge in [-0.05, 0) is 37.6 Å². The number of nitrogens with zero attached hydrogens (tertiary/aromatic N) is 3. The van der Waals surface area contributed by atoms with E-state index in [1.54, 1.807) is 6.07 Å². The Bertz CT molecular complexity index is 1200. The molecule has 144 valence electrons. The second-order valence-corrected chi connectivity index (χ2v) is 7.91. The smallest absolute Gasteiger partial charge is 0.349 e. The highest BCUT2D eigenvalue weighted by Crippen LogP contribution is 2.31. The third kappa shape index (κ3) is 3.91. The van der Waals surface area contributed by atoms with Crippen molar-refractivity contribution in [3.8, 4) is 11.8 Å². The normalized spacial score (nSPS) is 11.9. The molecule has 0 aliphatic carbocycles. The number of carbonyl (C=O) groups is 1. The molecule has 0 saturated carbocycles.